The van der Waals surface area contributed by atoms with Gasteiger partial charge >= 0.3 is 5.97 Å². The van der Waals surface area contributed by atoms with Gasteiger partial charge in [-0.1, -0.05) is 71.8 Å². The highest BCUT2D eigenvalue weighted by Crippen LogP contribution is 2.36. The Hall–Kier alpha value is -3.64. The second-order valence-corrected chi connectivity index (χ2v) is 10.5. The molecule has 0 aliphatic rings. The number of carbonyl (C=O) groups excluding carboxylic acids is 1. The molecule has 1 unspecified atom stereocenters. The predicted octanol–water partition coefficient (Wildman–Crippen LogP) is 6.14. The number of aryl methyl sites for hydroxylation is 2. The number of fused-ring (bicyclic) bond motifs is 1. The van der Waals surface area contributed by atoms with Gasteiger partial charge in [-0.05, 0) is 57.0 Å². The van der Waals surface area contributed by atoms with Crippen LogP contribution in [-0.2, 0) is 19.6 Å². The van der Waals surface area contributed by atoms with Crippen molar-refractivity contribution < 1.29 is 17.9 Å². The van der Waals surface area contributed by atoms with E-state index in [2.05, 4.69) is 0 Å². The number of benzene rings is 3. The summed E-state index contributed by atoms with van der Waals surface area (Å²) in [7, 11) is -3.83. The molecule has 4 rings (SSSR count). The molecule has 5 nitrogen and oxygen atoms in total. The van der Waals surface area contributed by atoms with Gasteiger partial charge in [-0.25, -0.2) is 17.2 Å². The molecule has 0 N–H and O–H groups in total. The number of esters is 1. The van der Waals surface area contributed by atoms with Crippen LogP contribution in [0.3, 0.4) is 0 Å². The molecular formula is C29H29NO4S. The van der Waals surface area contributed by atoms with Crippen LogP contribution in [0.2, 0.25) is 0 Å². The summed E-state index contributed by atoms with van der Waals surface area (Å²) in [5, 5.41) is 0.807. The lowest BCUT2D eigenvalue weighted by atomic mass is 9.89. The summed E-state index contributed by atoms with van der Waals surface area (Å²) < 4.78 is 33.9. The van der Waals surface area contributed by atoms with Crippen LogP contribution in [0, 0.1) is 13.8 Å². The fourth-order valence-electron chi connectivity index (χ4n) is 4.15. The van der Waals surface area contributed by atoms with Crippen LogP contribution < -0.4 is 0 Å². The number of ether oxygens (including phenoxy) is 1. The van der Waals surface area contributed by atoms with Crippen molar-refractivity contribution in [3.05, 3.63) is 113 Å². The highest BCUT2D eigenvalue weighted by molar-refractivity contribution is 7.90. The van der Waals surface area contributed by atoms with Crippen LogP contribution in [0.15, 0.2) is 95.5 Å². The maximum atomic E-state index is 13.7. The maximum absolute atomic E-state index is 13.7. The molecule has 35 heavy (non-hydrogen) atoms. The van der Waals surface area contributed by atoms with E-state index in [1.54, 1.807) is 50.4 Å². The third-order valence-corrected chi connectivity index (χ3v) is 7.76. The SMILES string of the molecule is CCOC(=O)/C(C)=C\C(c1ccc(C)cc1)c1cn(S(=O)(=O)c2ccc(C)cc2)c2ccccc12. The summed E-state index contributed by atoms with van der Waals surface area (Å²) in [5.74, 6) is -0.736. The normalized spacial score (nSPS) is 13.1. The van der Waals surface area contributed by atoms with E-state index in [0.29, 0.717) is 11.1 Å². The molecule has 1 atom stereocenters. The Kier molecular flexibility index (Phi) is 6.94. The van der Waals surface area contributed by atoms with E-state index in [4.69, 9.17) is 4.74 Å². The molecule has 3 aromatic carbocycles. The number of rotatable bonds is 7. The number of hydrogen-bond donors (Lipinski definition) is 0. The zero-order chi connectivity index (χ0) is 25.2. The molecule has 0 spiro atoms. The van der Waals surface area contributed by atoms with Gasteiger partial charge in [-0.2, -0.15) is 0 Å². The molecule has 1 heterocycles. The van der Waals surface area contributed by atoms with E-state index in [1.807, 2.05) is 62.4 Å². The summed E-state index contributed by atoms with van der Waals surface area (Å²) in [5.41, 5.74) is 4.90. The standard InChI is InChI=1S/C29H29NO4S/c1-5-34-29(31)22(4)18-26(23-14-10-20(2)11-15-23)27-19-30(28-9-7-6-8-25(27)28)35(32,33)24-16-12-21(3)13-17-24/h6-19,26H,5H2,1-4H3/b22-18-. The van der Waals surface area contributed by atoms with E-state index in [-0.39, 0.29) is 23.4 Å². The van der Waals surface area contributed by atoms with Crippen molar-refractivity contribution in [3.8, 4) is 0 Å². The van der Waals surface area contributed by atoms with Crippen LogP contribution in [0.4, 0.5) is 0 Å². The van der Waals surface area contributed by atoms with Gasteiger partial charge in [0.15, 0.2) is 0 Å². The molecule has 0 amide bonds. The van der Waals surface area contributed by atoms with Crippen LogP contribution in [0.25, 0.3) is 10.9 Å². The summed E-state index contributed by atoms with van der Waals surface area (Å²) in [4.78, 5) is 12.7. The number of aromatic nitrogens is 1. The molecule has 0 saturated heterocycles. The molecule has 0 saturated carbocycles. The Balaban J connectivity index is 1.95. The lowest BCUT2D eigenvalue weighted by Gasteiger charge is -2.15. The van der Waals surface area contributed by atoms with Crippen molar-refractivity contribution in [3.63, 3.8) is 0 Å². The van der Waals surface area contributed by atoms with Crippen LogP contribution in [-0.4, -0.2) is 25.0 Å². The van der Waals surface area contributed by atoms with Crippen molar-refractivity contribution >= 4 is 26.9 Å². The number of nitrogens with zero attached hydrogens (tertiary/aromatic N) is 1. The van der Waals surface area contributed by atoms with Crippen LogP contribution >= 0.6 is 0 Å². The first-order valence-corrected chi connectivity index (χ1v) is 13.0. The van der Waals surface area contributed by atoms with Gasteiger partial charge in [-0.3, -0.25) is 0 Å². The lowest BCUT2D eigenvalue weighted by molar-refractivity contribution is -0.138. The summed E-state index contributed by atoms with van der Waals surface area (Å²) in [6.45, 7) is 7.71. The second kappa shape index (κ2) is 9.92. The van der Waals surface area contributed by atoms with E-state index in [9.17, 15) is 13.2 Å². The van der Waals surface area contributed by atoms with Crippen molar-refractivity contribution in [1.29, 1.82) is 0 Å². The van der Waals surface area contributed by atoms with Gasteiger partial charge in [0.1, 0.15) is 0 Å². The van der Waals surface area contributed by atoms with Crippen LogP contribution in [0.5, 0.6) is 0 Å². The first kappa shape index (κ1) is 24.5. The topological polar surface area (TPSA) is 65.4 Å². The van der Waals surface area contributed by atoms with Crippen molar-refractivity contribution in [1.82, 2.24) is 3.97 Å². The van der Waals surface area contributed by atoms with E-state index in [0.717, 1.165) is 27.6 Å². The quantitative estimate of drug-likeness (QED) is 0.232. The number of hydrogen-bond acceptors (Lipinski definition) is 4. The lowest BCUT2D eigenvalue weighted by Crippen LogP contribution is -2.12. The minimum absolute atomic E-state index is 0.223. The Morgan fingerprint density at radius 1 is 0.943 bits per heavy atom. The fraction of sp³-hybridized carbons (Fsp3) is 0.207. The molecule has 0 bridgehead atoms. The zero-order valence-electron chi connectivity index (χ0n) is 20.4. The fourth-order valence-corrected chi connectivity index (χ4v) is 5.53. The zero-order valence-corrected chi connectivity index (χ0v) is 21.2. The highest BCUT2D eigenvalue weighted by atomic mass is 32.2. The average molecular weight is 488 g/mol. The number of para-hydroxylation sites is 1. The molecule has 0 aliphatic heterocycles. The smallest absolute Gasteiger partial charge is 0.333 e. The van der Waals surface area contributed by atoms with Gasteiger partial charge in [0.25, 0.3) is 10.0 Å². The Bertz CT molecular complexity index is 1490. The van der Waals surface area contributed by atoms with Crippen molar-refractivity contribution in [2.45, 2.75) is 38.5 Å². The Labute approximate surface area is 206 Å². The largest absolute Gasteiger partial charge is 0.463 e. The van der Waals surface area contributed by atoms with Gasteiger partial charge in [0.05, 0.1) is 17.0 Å². The van der Waals surface area contributed by atoms with Crippen molar-refractivity contribution in [2.24, 2.45) is 0 Å². The minimum Gasteiger partial charge on any atom is -0.463 e. The summed E-state index contributed by atoms with van der Waals surface area (Å²) >= 11 is 0. The first-order chi connectivity index (χ1) is 16.7. The molecule has 6 heteroatoms. The van der Waals surface area contributed by atoms with E-state index < -0.39 is 10.0 Å². The summed E-state index contributed by atoms with van der Waals surface area (Å²) in [6.07, 6.45) is 3.53. The third-order valence-electron chi connectivity index (χ3n) is 6.07. The monoisotopic (exact) mass is 487 g/mol. The van der Waals surface area contributed by atoms with E-state index >= 15 is 0 Å². The van der Waals surface area contributed by atoms with E-state index in [1.165, 1.54) is 3.97 Å². The molecule has 180 valence electrons. The average Bonchev–Trinajstić information content (AvgIpc) is 3.24. The predicted molar refractivity (Wildman–Crippen MR) is 139 cm³/mol. The number of carbonyl (C=O) groups is 1. The second-order valence-electron chi connectivity index (χ2n) is 8.67. The number of allylic oxidation sites excluding steroid dienone is 1. The molecule has 0 radical (unpaired) electrons. The van der Waals surface area contributed by atoms with Crippen LogP contribution in [0.1, 0.15) is 42.0 Å². The van der Waals surface area contributed by atoms with Gasteiger partial charge in [0.2, 0.25) is 0 Å². The highest BCUT2D eigenvalue weighted by Gasteiger charge is 2.25. The molecule has 0 aliphatic carbocycles. The van der Waals surface area contributed by atoms with Gasteiger partial charge in [-0.15, -0.1) is 0 Å². The third kappa shape index (κ3) is 4.93. The van der Waals surface area contributed by atoms with Crippen molar-refractivity contribution in [2.75, 3.05) is 6.61 Å². The first-order valence-electron chi connectivity index (χ1n) is 11.6. The van der Waals surface area contributed by atoms with Gasteiger partial charge < -0.3 is 4.74 Å². The molecule has 4 aromatic rings. The minimum atomic E-state index is -3.83. The van der Waals surface area contributed by atoms with Gasteiger partial charge in [0, 0.05) is 23.1 Å². The summed E-state index contributed by atoms with van der Waals surface area (Å²) in [6, 6.07) is 22.3. The molecule has 1 aromatic heterocycles. The molecular weight excluding hydrogens is 458 g/mol. The Morgan fingerprint density at radius 2 is 1.54 bits per heavy atom. The Morgan fingerprint density at radius 3 is 2.17 bits per heavy atom. The maximum Gasteiger partial charge on any atom is 0.333 e. The molecule has 0 fully saturated rings.